The first kappa shape index (κ1) is 19.5. The van der Waals surface area contributed by atoms with E-state index in [1.54, 1.807) is 0 Å². The quantitative estimate of drug-likeness (QED) is 0.304. The van der Waals surface area contributed by atoms with E-state index < -0.39 is 0 Å². The molecule has 6 nitrogen and oxygen atoms in total. The van der Waals surface area contributed by atoms with Gasteiger partial charge in [0.15, 0.2) is 5.96 Å². The van der Waals surface area contributed by atoms with Crippen molar-refractivity contribution >= 4 is 29.9 Å². The van der Waals surface area contributed by atoms with Crippen LogP contribution in [0.15, 0.2) is 23.5 Å². The van der Waals surface area contributed by atoms with Gasteiger partial charge in [0.05, 0.1) is 6.10 Å². The van der Waals surface area contributed by atoms with Gasteiger partial charge in [-0.15, -0.1) is 24.0 Å². The van der Waals surface area contributed by atoms with Gasteiger partial charge in [0.2, 0.25) is 0 Å². The zero-order chi connectivity index (χ0) is 16.3. The molecule has 3 rings (SSSR count). The number of aliphatic imine (C=N–C) groups is 1. The minimum atomic E-state index is 0. The van der Waals surface area contributed by atoms with Crippen molar-refractivity contribution in [1.82, 2.24) is 20.4 Å². The fourth-order valence-corrected chi connectivity index (χ4v) is 3.94. The smallest absolute Gasteiger partial charge is 0.191 e. The van der Waals surface area contributed by atoms with Crippen LogP contribution in [0.5, 0.6) is 0 Å². The average Bonchev–Trinajstić information content (AvgIpc) is 3.18. The summed E-state index contributed by atoms with van der Waals surface area (Å²) in [5.74, 6) is 1.55. The summed E-state index contributed by atoms with van der Waals surface area (Å²) in [6.45, 7) is 10.2. The standard InChI is InChI=1S/C17H29N5O.HI/c1-4-18-16(19-8-5-10-22-11-6-9-20-22)21-14-13-7-12-23-15(13)17(14,2)3;/h6,9,11,13-15H,4-5,7-8,10,12H2,1-3H3,(H2,18,19,21);1H. The molecule has 24 heavy (non-hydrogen) atoms. The molecule has 0 spiro atoms. The normalized spacial score (nSPS) is 27.8. The number of hydrogen-bond donors (Lipinski definition) is 2. The number of nitrogens with zero attached hydrogens (tertiary/aromatic N) is 3. The van der Waals surface area contributed by atoms with Crippen LogP contribution in [0.2, 0.25) is 0 Å². The molecule has 0 bridgehead atoms. The molecule has 136 valence electrons. The van der Waals surface area contributed by atoms with Crippen LogP contribution in [0.3, 0.4) is 0 Å². The fraction of sp³-hybridized carbons (Fsp3) is 0.765. The van der Waals surface area contributed by atoms with Crippen LogP contribution < -0.4 is 10.6 Å². The van der Waals surface area contributed by atoms with Gasteiger partial charge in [0.1, 0.15) is 0 Å². The van der Waals surface area contributed by atoms with E-state index in [0.717, 1.165) is 45.0 Å². The Balaban J connectivity index is 0.00000208. The van der Waals surface area contributed by atoms with Gasteiger partial charge < -0.3 is 15.4 Å². The van der Waals surface area contributed by atoms with Gasteiger partial charge >= 0.3 is 0 Å². The van der Waals surface area contributed by atoms with Crippen molar-refractivity contribution in [3.05, 3.63) is 18.5 Å². The molecule has 0 aromatic carbocycles. The lowest BCUT2D eigenvalue weighted by molar-refractivity contribution is -0.106. The van der Waals surface area contributed by atoms with Crippen molar-refractivity contribution in [2.24, 2.45) is 16.3 Å². The van der Waals surface area contributed by atoms with Gasteiger partial charge in [-0.3, -0.25) is 9.67 Å². The Hall–Kier alpha value is -0.830. The van der Waals surface area contributed by atoms with Crippen LogP contribution in [0.1, 0.15) is 33.6 Å². The Morgan fingerprint density at radius 1 is 1.46 bits per heavy atom. The number of guanidine groups is 1. The molecule has 1 saturated heterocycles. The summed E-state index contributed by atoms with van der Waals surface area (Å²) in [4.78, 5) is 4.73. The van der Waals surface area contributed by atoms with Crippen LogP contribution in [0.4, 0.5) is 0 Å². The maximum Gasteiger partial charge on any atom is 0.191 e. The highest BCUT2D eigenvalue weighted by molar-refractivity contribution is 14.0. The highest BCUT2D eigenvalue weighted by Crippen LogP contribution is 2.52. The van der Waals surface area contributed by atoms with Crippen molar-refractivity contribution < 1.29 is 4.74 Å². The summed E-state index contributed by atoms with van der Waals surface area (Å²) in [5, 5.41) is 11.2. The van der Waals surface area contributed by atoms with Crippen LogP contribution in [-0.2, 0) is 11.3 Å². The van der Waals surface area contributed by atoms with Crippen LogP contribution in [0.25, 0.3) is 0 Å². The molecule has 0 radical (unpaired) electrons. The highest BCUT2D eigenvalue weighted by Gasteiger charge is 2.59. The predicted molar refractivity (Wildman–Crippen MR) is 107 cm³/mol. The molecule has 7 heteroatoms. The third kappa shape index (κ3) is 4.04. The molecule has 1 aromatic rings. The van der Waals surface area contributed by atoms with E-state index in [2.05, 4.69) is 36.5 Å². The van der Waals surface area contributed by atoms with Gasteiger partial charge in [-0.2, -0.15) is 5.10 Å². The fourth-order valence-electron chi connectivity index (χ4n) is 3.94. The number of ether oxygens (including phenoxy) is 1. The average molecular weight is 447 g/mol. The molecular formula is C17H30IN5O. The second kappa shape index (κ2) is 8.51. The molecule has 2 N–H and O–H groups in total. The lowest BCUT2D eigenvalue weighted by Crippen LogP contribution is -2.67. The van der Waals surface area contributed by atoms with E-state index in [1.807, 2.05) is 23.1 Å². The largest absolute Gasteiger partial charge is 0.377 e. The van der Waals surface area contributed by atoms with Crippen LogP contribution in [0, 0.1) is 11.3 Å². The summed E-state index contributed by atoms with van der Waals surface area (Å²) in [5.41, 5.74) is 0.173. The number of nitrogens with one attached hydrogen (secondary N) is 2. The predicted octanol–water partition coefficient (Wildman–Crippen LogP) is 2.26. The lowest BCUT2D eigenvalue weighted by atomic mass is 9.57. The summed E-state index contributed by atoms with van der Waals surface area (Å²) in [6.07, 6.45) is 6.35. The van der Waals surface area contributed by atoms with Crippen molar-refractivity contribution in [2.75, 3.05) is 19.7 Å². The van der Waals surface area contributed by atoms with E-state index >= 15 is 0 Å². The lowest BCUT2D eigenvalue weighted by Gasteiger charge is -2.54. The Morgan fingerprint density at radius 2 is 2.29 bits per heavy atom. The molecular weight excluding hydrogens is 417 g/mol. The summed E-state index contributed by atoms with van der Waals surface area (Å²) >= 11 is 0. The molecule has 0 amide bonds. The first-order chi connectivity index (χ1) is 11.1. The number of fused-ring (bicyclic) bond motifs is 1. The Labute approximate surface area is 161 Å². The molecule has 1 aromatic heterocycles. The number of hydrogen-bond acceptors (Lipinski definition) is 3. The zero-order valence-electron chi connectivity index (χ0n) is 14.9. The molecule has 1 aliphatic heterocycles. The first-order valence-corrected chi connectivity index (χ1v) is 8.77. The minimum absolute atomic E-state index is 0. The summed E-state index contributed by atoms with van der Waals surface area (Å²) < 4.78 is 7.82. The summed E-state index contributed by atoms with van der Waals surface area (Å²) in [7, 11) is 0. The van der Waals surface area contributed by atoms with E-state index in [1.165, 1.54) is 0 Å². The maximum absolute atomic E-state index is 5.87. The van der Waals surface area contributed by atoms with Crippen molar-refractivity contribution in [3.8, 4) is 0 Å². The number of aryl methyl sites for hydroxylation is 1. The Kier molecular flexibility index (Phi) is 6.91. The first-order valence-electron chi connectivity index (χ1n) is 8.77. The van der Waals surface area contributed by atoms with Gasteiger partial charge in [0, 0.05) is 56.0 Å². The number of aromatic nitrogens is 2. The molecule has 2 heterocycles. The molecule has 2 aliphatic rings. The van der Waals surface area contributed by atoms with Crippen LogP contribution >= 0.6 is 24.0 Å². The minimum Gasteiger partial charge on any atom is -0.377 e. The third-order valence-corrected chi connectivity index (χ3v) is 5.11. The Morgan fingerprint density at radius 3 is 3.00 bits per heavy atom. The Bertz CT molecular complexity index is 531. The number of halogens is 1. The van der Waals surface area contributed by atoms with E-state index in [0.29, 0.717) is 18.1 Å². The second-order valence-electron chi connectivity index (χ2n) is 7.07. The van der Waals surface area contributed by atoms with E-state index in [9.17, 15) is 0 Å². The number of rotatable bonds is 6. The van der Waals surface area contributed by atoms with Crippen LogP contribution in [-0.4, -0.2) is 47.6 Å². The maximum atomic E-state index is 5.87. The second-order valence-corrected chi connectivity index (χ2v) is 7.07. The summed E-state index contributed by atoms with van der Waals surface area (Å²) in [6, 6.07) is 2.40. The van der Waals surface area contributed by atoms with Gasteiger partial charge in [0.25, 0.3) is 0 Å². The zero-order valence-corrected chi connectivity index (χ0v) is 17.2. The third-order valence-electron chi connectivity index (χ3n) is 5.11. The van der Waals surface area contributed by atoms with Crippen molar-refractivity contribution in [3.63, 3.8) is 0 Å². The monoisotopic (exact) mass is 447 g/mol. The van der Waals surface area contributed by atoms with E-state index in [-0.39, 0.29) is 29.4 Å². The van der Waals surface area contributed by atoms with Crippen molar-refractivity contribution in [2.45, 2.75) is 52.3 Å². The molecule has 1 saturated carbocycles. The molecule has 2 fully saturated rings. The highest BCUT2D eigenvalue weighted by atomic mass is 127. The SMILES string of the molecule is CCNC(=NCCCn1cccn1)NC1C2CCOC2C1(C)C.I. The molecule has 3 atom stereocenters. The van der Waals surface area contributed by atoms with E-state index in [4.69, 9.17) is 9.73 Å². The van der Waals surface area contributed by atoms with Gasteiger partial charge in [-0.05, 0) is 25.8 Å². The molecule has 3 unspecified atom stereocenters. The van der Waals surface area contributed by atoms with Gasteiger partial charge in [-0.1, -0.05) is 13.8 Å². The topological polar surface area (TPSA) is 63.5 Å². The van der Waals surface area contributed by atoms with Crippen molar-refractivity contribution in [1.29, 1.82) is 0 Å². The van der Waals surface area contributed by atoms with Gasteiger partial charge in [-0.25, -0.2) is 0 Å². The molecule has 1 aliphatic carbocycles.